The summed E-state index contributed by atoms with van der Waals surface area (Å²) in [5.41, 5.74) is 0.921. The highest BCUT2D eigenvalue weighted by Crippen LogP contribution is 2.19. The highest BCUT2D eigenvalue weighted by Gasteiger charge is 2.06. The number of rotatable bonds is 8. The third-order valence-corrected chi connectivity index (χ3v) is 3.17. The highest BCUT2D eigenvalue weighted by molar-refractivity contribution is 8.00. The number of halogens is 2. The lowest BCUT2D eigenvalue weighted by Gasteiger charge is -2.06. The number of thioether (sulfide) groups is 1. The minimum atomic E-state index is -0.913. The van der Waals surface area contributed by atoms with Gasteiger partial charge < -0.3 is 10.1 Å². The van der Waals surface area contributed by atoms with Gasteiger partial charge in [0, 0.05) is 11.4 Å². The van der Waals surface area contributed by atoms with Crippen LogP contribution in [0.15, 0.2) is 35.2 Å². The zero-order valence-electron chi connectivity index (χ0n) is 11.2. The molecule has 1 N–H and O–H groups in total. The van der Waals surface area contributed by atoms with E-state index in [4.69, 9.17) is 4.74 Å². The molecule has 1 aromatic carbocycles. The monoisotopic (exact) mass is 301 g/mol. The number of amides is 1. The number of ether oxygens (including phenoxy) is 1. The van der Waals surface area contributed by atoms with Crippen molar-refractivity contribution in [1.82, 2.24) is 5.32 Å². The molecule has 1 rings (SSSR count). The van der Waals surface area contributed by atoms with Crippen molar-refractivity contribution < 1.29 is 18.3 Å². The minimum absolute atomic E-state index is 0.144. The van der Waals surface area contributed by atoms with Crippen molar-refractivity contribution >= 4 is 17.7 Å². The number of carbonyl (C=O) groups excluding carboxylic acids is 1. The first-order valence-electron chi connectivity index (χ1n) is 6.05. The lowest BCUT2D eigenvalue weighted by atomic mass is 10.3. The van der Waals surface area contributed by atoms with Gasteiger partial charge >= 0.3 is 0 Å². The highest BCUT2D eigenvalue weighted by atomic mass is 32.2. The van der Waals surface area contributed by atoms with E-state index in [0.29, 0.717) is 24.7 Å². The normalized spacial score (nSPS) is 10.3. The summed E-state index contributed by atoms with van der Waals surface area (Å²) in [5, 5.41) is 2.67. The molecule has 0 aromatic heterocycles. The van der Waals surface area contributed by atoms with Gasteiger partial charge in [-0.3, -0.25) is 4.79 Å². The molecule has 0 aliphatic rings. The molecule has 1 aromatic rings. The van der Waals surface area contributed by atoms with Crippen molar-refractivity contribution in [3.63, 3.8) is 0 Å². The van der Waals surface area contributed by atoms with Crippen LogP contribution in [0, 0.1) is 11.6 Å². The van der Waals surface area contributed by atoms with E-state index in [1.165, 1.54) is 6.07 Å². The van der Waals surface area contributed by atoms with E-state index < -0.39 is 11.6 Å². The molecule has 20 heavy (non-hydrogen) atoms. The molecule has 0 unspecified atom stereocenters. The smallest absolute Gasteiger partial charge is 0.230 e. The Labute approximate surface area is 121 Å². The van der Waals surface area contributed by atoms with Crippen molar-refractivity contribution in [1.29, 1.82) is 0 Å². The average Bonchev–Trinajstić information content (AvgIpc) is 2.39. The topological polar surface area (TPSA) is 38.3 Å². The molecular formula is C14H17F2NO2S. The van der Waals surface area contributed by atoms with E-state index in [1.54, 1.807) is 0 Å². The third kappa shape index (κ3) is 6.68. The van der Waals surface area contributed by atoms with Crippen molar-refractivity contribution in [3.05, 3.63) is 42.0 Å². The van der Waals surface area contributed by atoms with Crippen molar-refractivity contribution in [2.45, 2.75) is 11.8 Å². The standard InChI is InChI=1S/C14H17F2NO2S/c1-10(2)8-19-6-5-17-14(18)9-20-11-3-4-12(15)13(16)7-11/h3-4,7H,1,5-6,8-9H2,2H3,(H,17,18). The summed E-state index contributed by atoms with van der Waals surface area (Å²) in [6.07, 6.45) is 0. The molecule has 0 saturated heterocycles. The van der Waals surface area contributed by atoms with Crippen LogP contribution >= 0.6 is 11.8 Å². The van der Waals surface area contributed by atoms with E-state index >= 15 is 0 Å². The maximum Gasteiger partial charge on any atom is 0.230 e. The quantitative estimate of drug-likeness (QED) is 0.456. The van der Waals surface area contributed by atoms with Crippen molar-refractivity contribution in [2.24, 2.45) is 0 Å². The van der Waals surface area contributed by atoms with E-state index in [2.05, 4.69) is 11.9 Å². The van der Waals surface area contributed by atoms with E-state index in [9.17, 15) is 13.6 Å². The lowest BCUT2D eigenvalue weighted by Crippen LogP contribution is -2.28. The van der Waals surface area contributed by atoms with Gasteiger partial charge in [0.25, 0.3) is 0 Å². The Balaban J connectivity index is 2.19. The van der Waals surface area contributed by atoms with Crippen LogP contribution in [0.4, 0.5) is 8.78 Å². The van der Waals surface area contributed by atoms with Gasteiger partial charge in [-0.2, -0.15) is 0 Å². The van der Waals surface area contributed by atoms with E-state index in [-0.39, 0.29) is 11.7 Å². The molecule has 0 fully saturated rings. The SMILES string of the molecule is C=C(C)COCCNC(=O)CSc1ccc(F)c(F)c1. The molecule has 0 aliphatic heterocycles. The van der Waals surface area contributed by atoms with Crippen LogP contribution in [0.1, 0.15) is 6.92 Å². The van der Waals surface area contributed by atoms with Crippen LogP contribution in [-0.2, 0) is 9.53 Å². The lowest BCUT2D eigenvalue weighted by molar-refractivity contribution is -0.118. The second-order valence-electron chi connectivity index (χ2n) is 4.22. The van der Waals surface area contributed by atoms with Crippen LogP contribution in [-0.4, -0.2) is 31.4 Å². The Bertz CT molecular complexity index is 480. The minimum Gasteiger partial charge on any atom is -0.375 e. The van der Waals surface area contributed by atoms with Crippen molar-refractivity contribution in [2.75, 3.05) is 25.5 Å². The number of carbonyl (C=O) groups is 1. The summed E-state index contributed by atoms with van der Waals surface area (Å²) in [6, 6.07) is 3.55. The summed E-state index contributed by atoms with van der Waals surface area (Å²) in [7, 11) is 0. The predicted octanol–water partition coefficient (Wildman–Crippen LogP) is 2.77. The largest absolute Gasteiger partial charge is 0.375 e. The molecule has 0 radical (unpaired) electrons. The van der Waals surface area contributed by atoms with Crippen LogP contribution in [0.2, 0.25) is 0 Å². The zero-order chi connectivity index (χ0) is 15.0. The fourth-order valence-corrected chi connectivity index (χ4v) is 2.03. The van der Waals surface area contributed by atoms with Gasteiger partial charge in [-0.25, -0.2) is 8.78 Å². The molecule has 0 saturated carbocycles. The molecule has 0 aliphatic carbocycles. The Morgan fingerprint density at radius 3 is 2.80 bits per heavy atom. The fraction of sp³-hybridized carbons (Fsp3) is 0.357. The first-order chi connectivity index (χ1) is 9.49. The van der Waals surface area contributed by atoms with Crippen LogP contribution in [0.3, 0.4) is 0 Å². The van der Waals surface area contributed by atoms with Crippen LogP contribution in [0.25, 0.3) is 0 Å². The Kier molecular flexibility index (Phi) is 7.25. The third-order valence-electron chi connectivity index (χ3n) is 2.18. The summed E-state index contributed by atoms with van der Waals surface area (Å²) < 4.78 is 30.9. The summed E-state index contributed by atoms with van der Waals surface area (Å²) in [4.78, 5) is 12.0. The first kappa shape index (κ1) is 16.7. The Morgan fingerprint density at radius 2 is 2.15 bits per heavy atom. The number of benzene rings is 1. The van der Waals surface area contributed by atoms with Crippen LogP contribution < -0.4 is 5.32 Å². The van der Waals surface area contributed by atoms with Gasteiger partial charge in [0.15, 0.2) is 11.6 Å². The number of hydrogen-bond donors (Lipinski definition) is 1. The molecule has 0 bridgehead atoms. The molecule has 110 valence electrons. The first-order valence-corrected chi connectivity index (χ1v) is 7.04. The van der Waals surface area contributed by atoms with E-state index in [0.717, 1.165) is 29.5 Å². The van der Waals surface area contributed by atoms with Crippen molar-refractivity contribution in [3.8, 4) is 0 Å². The van der Waals surface area contributed by atoms with Gasteiger partial charge in [0.05, 0.1) is 19.0 Å². The maximum absolute atomic E-state index is 12.9. The summed E-state index contributed by atoms with van der Waals surface area (Å²) >= 11 is 1.15. The molecule has 0 spiro atoms. The maximum atomic E-state index is 12.9. The Hall–Kier alpha value is -1.40. The molecule has 1 amide bonds. The molecular weight excluding hydrogens is 284 g/mol. The summed E-state index contributed by atoms with van der Waals surface area (Å²) in [5.74, 6) is -1.85. The van der Waals surface area contributed by atoms with Crippen LogP contribution in [0.5, 0.6) is 0 Å². The second-order valence-corrected chi connectivity index (χ2v) is 5.27. The van der Waals surface area contributed by atoms with Gasteiger partial charge in [-0.05, 0) is 25.1 Å². The van der Waals surface area contributed by atoms with Gasteiger partial charge in [-0.15, -0.1) is 11.8 Å². The summed E-state index contributed by atoms with van der Waals surface area (Å²) in [6.45, 7) is 6.84. The zero-order valence-corrected chi connectivity index (χ0v) is 12.1. The molecule has 0 heterocycles. The van der Waals surface area contributed by atoms with Gasteiger partial charge in [-0.1, -0.05) is 12.2 Å². The average molecular weight is 301 g/mol. The molecule has 6 heteroatoms. The number of hydrogen-bond acceptors (Lipinski definition) is 3. The number of nitrogens with one attached hydrogen (secondary N) is 1. The Morgan fingerprint density at radius 1 is 1.40 bits per heavy atom. The van der Waals surface area contributed by atoms with Gasteiger partial charge in [0.2, 0.25) is 5.91 Å². The predicted molar refractivity (Wildman–Crippen MR) is 75.7 cm³/mol. The second kappa shape index (κ2) is 8.71. The fourth-order valence-electron chi connectivity index (χ4n) is 1.28. The molecule has 3 nitrogen and oxygen atoms in total. The van der Waals surface area contributed by atoms with E-state index in [1.807, 2.05) is 6.92 Å². The molecule has 0 atom stereocenters. The van der Waals surface area contributed by atoms with Gasteiger partial charge in [0.1, 0.15) is 0 Å².